The van der Waals surface area contributed by atoms with Crippen molar-refractivity contribution in [2.75, 3.05) is 13.2 Å². The summed E-state index contributed by atoms with van der Waals surface area (Å²) >= 11 is 0. The number of aliphatic hydroxyl groups excluding tert-OH is 1. The van der Waals surface area contributed by atoms with Crippen LogP contribution in [-0.2, 0) is 4.79 Å². The highest BCUT2D eigenvalue weighted by Crippen LogP contribution is 2.35. The molecule has 34 heavy (non-hydrogen) atoms. The number of hydrogen-bond acceptors (Lipinski definition) is 6. The van der Waals surface area contributed by atoms with Crippen molar-refractivity contribution in [3.05, 3.63) is 42.4 Å². The highest BCUT2D eigenvalue weighted by atomic mass is 16.5. The SMILES string of the molecule is O=C(CO)NC1CCC(NC(=O)c2c[nH]c3c(-c4ccccc4OCC4CC4)ncnc23)CC1. The van der Waals surface area contributed by atoms with E-state index in [2.05, 4.69) is 25.6 Å². The number of ether oxygens (including phenoxy) is 1. The van der Waals surface area contributed by atoms with Gasteiger partial charge < -0.3 is 25.5 Å². The third-order valence-corrected chi connectivity index (χ3v) is 6.59. The van der Waals surface area contributed by atoms with Crippen LogP contribution in [0.4, 0.5) is 0 Å². The lowest BCUT2D eigenvalue weighted by atomic mass is 9.91. The number of amides is 2. The zero-order valence-electron chi connectivity index (χ0n) is 18.9. The monoisotopic (exact) mass is 463 g/mol. The number of nitrogens with one attached hydrogen (secondary N) is 3. The van der Waals surface area contributed by atoms with Gasteiger partial charge >= 0.3 is 0 Å². The second kappa shape index (κ2) is 9.80. The lowest BCUT2D eigenvalue weighted by molar-refractivity contribution is -0.124. The van der Waals surface area contributed by atoms with Crippen LogP contribution < -0.4 is 15.4 Å². The number of aliphatic hydroxyl groups is 1. The number of para-hydroxylation sites is 1. The van der Waals surface area contributed by atoms with E-state index in [9.17, 15) is 9.59 Å². The molecule has 2 saturated carbocycles. The number of fused-ring (bicyclic) bond motifs is 1. The fourth-order valence-electron chi connectivity index (χ4n) is 4.52. The molecule has 178 valence electrons. The van der Waals surface area contributed by atoms with E-state index in [1.165, 1.54) is 19.2 Å². The molecule has 0 radical (unpaired) electrons. The average Bonchev–Trinajstić information content (AvgIpc) is 3.59. The molecule has 9 nitrogen and oxygen atoms in total. The summed E-state index contributed by atoms with van der Waals surface area (Å²) in [6.07, 6.45) is 8.63. The lowest BCUT2D eigenvalue weighted by Gasteiger charge is -2.29. The minimum absolute atomic E-state index is 0.0255. The van der Waals surface area contributed by atoms with Crippen LogP contribution in [0.1, 0.15) is 48.9 Å². The number of aromatic nitrogens is 3. The van der Waals surface area contributed by atoms with Crippen LogP contribution in [0.5, 0.6) is 5.75 Å². The molecule has 0 aliphatic heterocycles. The van der Waals surface area contributed by atoms with E-state index >= 15 is 0 Å². The van der Waals surface area contributed by atoms with Crippen molar-refractivity contribution in [1.82, 2.24) is 25.6 Å². The van der Waals surface area contributed by atoms with Crippen LogP contribution in [0.15, 0.2) is 36.8 Å². The number of nitrogens with zero attached hydrogens (tertiary/aromatic N) is 2. The molecule has 0 saturated heterocycles. The van der Waals surface area contributed by atoms with Gasteiger partial charge in [-0.1, -0.05) is 12.1 Å². The summed E-state index contributed by atoms with van der Waals surface area (Å²) < 4.78 is 6.07. The molecule has 9 heteroatoms. The predicted molar refractivity (Wildman–Crippen MR) is 126 cm³/mol. The first-order chi connectivity index (χ1) is 16.6. The molecule has 2 amide bonds. The second-order valence-electron chi connectivity index (χ2n) is 9.15. The first-order valence-electron chi connectivity index (χ1n) is 11.9. The molecule has 3 aromatic rings. The fraction of sp³-hybridized carbons (Fsp3) is 0.440. The minimum Gasteiger partial charge on any atom is -0.493 e. The highest BCUT2D eigenvalue weighted by molar-refractivity contribution is 6.07. The molecule has 2 fully saturated rings. The topological polar surface area (TPSA) is 129 Å². The highest BCUT2D eigenvalue weighted by Gasteiger charge is 2.26. The number of carbonyl (C=O) groups is 2. The Hall–Kier alpha value is -3.46. The number of rotatable bonds is 8. The van der Waals surface area contributed by atoms with E-state index < -0.39 is 6.61 Å². The number of hydrogen-bond donors (Lipinski definition) is 4. The molecule has 2 aliphatic carbocycles. The zero-order chi connectivity index (χ0) is 23.5. The molecule has 1 aromatic carbocycles. The second-order valence-corrected chi connectivity index (χ2v) is 9.15. The molecule has 5 rings (SSSR count). The summed E-state index contributed by atoms with van der Waals surface area (Å²) in [5, 5.41) is 14.8. The summed E-state index contributed by atoms with van der Waals surface area (Å²) in [5.74, 6) is 0.874. The summed E-state index contributed by atoms with van der Waals surface area (Å²) in [4.78, 5) is 36.6. The first-order valence-corrected chi connectivity index (χ1v) is 11.9. The van der Waals surface area contributed by atoms with Crippen molar-refractivity contribution in [2.45, 2.75) is 50.6 Å². The van der Waals surface area contributed by atoms with Gasteiger partial charge in [0.05, 0.1) is 17.7 Å². The van der Waals surface area contributed by atoms with Crippen molar-refractivity contribution in [3.63, 3.8) is 0 Å². The molecule has 0 spiro atoms. The third kappa shape index (κ3) is 4.89. The molecule has 2 aromatic heterocycles. The maximum absolute atomic E-state index is 13.1. The van der Waals surface area contributed by atoms with E-state index in [0.717, 1.165) is 37.0 Å². The van der Waals surface area contributed by atoms with Gasteiger partial charge in [0.1, 0.15) is 29.9 Å². The maximum atomic E-state index is 13.1. The van der Waals surface area contributed by atoms with E-state index in [-0.39, 0.29) is 23.9 Å². The zero-order valence-corrected chi connectivity index (χ0v) is 18.9. The number of H-pyrrole nitrogens is 1. The van der Waals surface area contributed by atoms with Crippen LogP contribution in [0, 0.1) is 5.92 Å². The molecule has 4 N–H and O–H groups in total. The van der Waals surface area contributed by atoms with Crippen molar-refractivity contribution in [2.24, 2.45) is 5.92 Å². The van der Waals surface area contributed by atoms with E-state index in [1.807, 2.05) is 24.3 Å². The standard InChI is InChI=1S/C25H29N5O4/c31-12-21(32)29-16-7-9-17(10-8-16)30-25(33)19-11-26-24-22(27-14-28-23(19)24)18-3-1-2-4-20(18)34-13-15-5-6-15/h1-4,11,14-17,26,31H,5-10,12-13H2,(H,29,32)(H,30,33). The minimum atomic E-state index is -0.502. The predicted octanol–water partition coefficient (Wildman–Crippen LogP) is 2.56. The third-order valence-electron chi connectivity index (χ3n) is 6.59. The van der Waals surface area contributed by atoms with Gasteiger partial charge in [0.25, 0.3) is 5.91 Å². The van der Waals surface area contributed by atoms with E-state index in [4.69, 9.17) is 9.84 Å². The summed E-state index contributed by atoms with van der Waals surface area (Å²) in [6.45, 7) is 0.202. The molecule has 0 atom stereocenters. The van der Waals surface area contributed by atoms with Gasteiger partial charge in [-0.05, 0) is 56.6 Å². The van der Waals surface area contributed by atoms with Gasteiger partial charge in [-0.2, -0.15) is 0 Å². The molecule has 2 heterocycles. The Kier molecular flexibility index (Phi) is 6.44. The van der Waals surface area contributed by atoms with Gasteiger partial charge in [0, 0.05) is 23.8 Å². The maximum Gasteiger partial charge on any atom is 0.255 e. The van der Waals surface area contributed by atoms with Crippen molar-refractivity contribution < 1.29 is 19.4 Å². The van der Waals surface area contributed by atoms with Gasteiger partial charge in [-0.25, -0.2) is 9.97 Å². The largest absolute Gasteiger partial charge is 0.493 e. The van der Waals surface area contributed by atoms with Crippen LogP contribution in [0.2, 0.25) is 0 Å². The first kappa shape index (κ1) is 22.3. The fourth-order valence-corrected chi connectivity index (χ4v) is 4.52. The Morgan fingerprint density at radius 1 is 1.03 bits per heavy atom. The lowest BCUT2D eigenvalue weighted by Crippen LogP contribution is -2.44. The molecular formula is C25H29N5O4. The molecular weight excluding hydrogens is 434 g/mol. The quantitative estimate of drug-likeness (QED) is 0.406. The van der Waals surface area contributed by atoms with Crippen molar-refractivity contribution >= 4 is 22.8 Å². The average molecular weight is 464 g/mol. The summed E-state index contributed by atoms with van der Waals surface area (Å²) in [5.41, 5.74) is 3.32. The Bertz CT molecular complexity index is 1180. The van der Waals surface area contributed by atoms with Gasteiger partial charge in [-0.15, -0.1) is 0 Å². The molecule has 0 unspecified atom stereocenters. The van der Waals surface area contributed by atoms with Crippen LogP contribution in [0.3, 0.4) is 0 Å². The van der Waals surface area contributed by atoms with Gasteiger partial charge in [0.2, 0.25) is 5.91 Å². The van der Waals surface area contributed by atoms with Crippen LogP contribution >= 0.6 is 0 Å². The van der Waals surface area contributed by atoms with E-state index in [0.29, 0.717) is 34.8 Å². The van der Waals surface area contributed by atoms with Crippen molar-refractivity contribution in [1.29, 1.82) is 0 Å². The Balaban J connectivity index is 1.30. The Labute approximate surface area is 197 Å². The number of benzene rings is 1. The van der Waals surface area contributed by atoms with Crippen molar-refractivity contribution in [3.8, 4) is 17.0 Å². The number of aromatic amines is 1. The summed E-state index contributed by atoms with van der Waals surface area (Å²) in [7, 11) is 0. The Morgan fingerprint density at radius 3 is 2.50 bits per heavy atom. The smallest absolute Gasteiger partial charge is 0.255 e. The van der Waals surface area contributed by atoms with Crippen LogP contribution in [0.25, 0.3) is 22.3 Å². The normalized spacial score (nSPS) is 20.1. The van der Waals surface area contributed by atoms with Gasteiger partial charge in [-0.3, -0.25) is 9.59 Å². The number of carbonyl (C=O) groups excluding carboxylic acids is 2. The van der Waals surface area contributed by atoms with E-state index in [1.54, 1.807) is 6.20 Å². The molecule has 2 aliphatic rings. The Morgan fingerprint density at radius 2 is 1.76 bits per heavy atom. The van der Waals surface area contributed by atoms with Crippen LogP contribution in [-0.4, -0.2) is 57.2 Å². The summed E-state index contributed by atoms with van der Waals surface area (Å²) in [6, 6.07) is 7.88. The molecule has 0 bridgehead atoms. The van der Waals surface area contributed by atoms with Gasteiger partial charge in [0.15, 0.2) is 0 Å².